The first-order valence-electron chi connectivity index (χ1n) is 17.0. The lowest BCUT2D eigenvalue weighted by molar-refractivity contribution is -0.233. The summed E-state index contributed by atoms with van der Waals surface area (Å²) >= 11 is 0. The standard InChI is InChI=1S/C42H34N2O9/c1-26-15-14-24-31-33(26)44-38(43-31)37-36(53-42(48)30-22-12-5-13-23-30)35(52-41(47)29-20-10-4-11-21-29)34(51-40(46)28-18-8-3-9-19-28)32(50-37)25-49-39(45)27-16-6-2-7-17-27/h2-24,32,34-37H,25H2,1H3,(H,43,44)/t32-,34-,35+,36-,37-/m1/s1. The summed E-state index contributed by atoms with van der Waals surface area (Å²) in [6.07, 6.45) is -6.83. The number of carbonyl (C=O) groups excluding carboxylic acids is 4. The van der Waals surface area contributed by atoms with Crippen LogP contribution in [-0.4, -0.2) is 64.9 Å². The number of hydrogen-bond acceptors (Lipinski definition) is 10. The first-order chi connectivity index (χ1) is 25.9. The van der Waals surface area contributed by atoms with Crippen molar-refractivity contribution >= 4 is 34.9 Å². The Morgan fingerprint density at radius 3 is 1.51 bits per heavy atom. The summed E-state index contributed by atoms with van der Waals surface area (Å²) in [5, 5.41) is 0. The third kappa shape index (κ3) is 7.85. The molecule has 1 saturated heterocycles. The van der Waals surface area contributed by atoms with Crippen molar-refractivity contribution in [3.8, 4) is 0 Å². The molecule has 11 heteroatoms. The molecule has 1 aromatic heterocycles. The first-order valence-corrected chi connectivity index (χ1v) is 17.0. The fourth-order valence-corrected chi connectivity index (χ4v) is 6.12. The minimum atomic E-state index is -1.49. The molecule has 0 spiro atoms. The van der Waals surface area contributed by atoms with E-state index in [-0.39, 0.29) is 28.1 Å². The maximum Gasteiger partial charge on any atom is 0.338 e. The van der Waals surface area contributed by atoms with Crippen LogP contribution < -0.4 is 0 Å². The van der Waals surface area contributed by atoms with E-state index in [0.29, 0.717) is 11.0 Å². The lowest BCUT2D eigenvalue weighted by Crippen LogP contribution is -2.60. The predicted octanol–water partition coefficient (Wildman–Crippen LogP) is 6.85. The van der Waals surface area contributed by atoms with Gasteiger partial charge in [0, 0.05) is 0 Å². The van der Waals surface area contributed by atoms with Crippen LogP contribution in [0.4, 0.5) is 0 Å². The second-order valence-corrected chi connectivity index (χ2v) is 12.4. The van der Waals surface area contributed by atoms with Crippen LogP contribution in [0.3, 0.4) is 0 Å². The van der Waals surface area contributed by atoms with Gasteiger partial charge in [-0.15, -0.1) is 0 Å². The van der Waals surface area contributed by atoms with Crippen LogP contribution in [0.1, 0.15) is 58.9 Å². The number of hydrogen-bond donors (Lipinski definition) is 1. The number of imidazole rings is 1. The van der Waals surface area contributed by atoms with Crippen LogP contribution in [0.15, 0.2) is 140 Å². The second kappa shape index (κ2) is 15.7. The minimum Gasteiger partial charge on any atom is -0.459 e. The summed E-state index contributed by atoms with van der Waals surface area (Å²) in [6, 6.07) is 38.7. The van der Waals surface area contributed by atoms with E-state index in [0.717, 1.165) is 5.56 Å². The number of fused-ring (bicyclic) bond motifs is 1. The number of benzene rings is 5. The molecule has 266 valence electrons. The molecule has 5 atom stereocenters. The first kappa shape index (κ1) is 34.8. The van der Waals surface area contributed by atoms with Gasteiger partial charge in [0.25, 0.3) is 0 Å². The number of nitrogens with one attached hydrogen (secondary N) is 1. The second-order valence-electron chi connectivity index (χ2n) is 12.4. The SMILES string of the molecule is Cc1cccc2[nH]c([C@@H]3O[C@H](COC(=O)c4ccccc4)[C@@H](OC(=O)c4ccccc4)[C@H](OC(=O)c4ccccc4)[C@H]3OC(=O)c3ccccc3)nc12. The summed E-state index contributed by atoms with van der Waals surface area (Å²) in [6.45, 7) is 1.46. The van der Waals surface area contributed by atoms with Crippen molar-refractivity contribution in [3.05, 3.63) is 173 Å². The van der Waals surface area contributed by atoms with E-state index in [2.05, 4.69) is 4.98 Å². The number of aromatic nitrogens is 2. The molecule has 0 radical (unpaired) electrons. The minimum absolute atomic E-state index is 0.197. The van der Waals surface area contributed by atoms with Crippen LogP contribution in [-0.2, 0) is 23.7 Å². The van der Waals surface area contributed by atoms with Crippen molar-refractivity contribution in [2.75, 3.05) is 6.61 Å². The van der Waals surface area contributed by atoms with Gasteiger partial charge < -0.3 is 28.7 Å². The molecular weight excluding hydrogens is 676 g/mol. The quantitative estimate of drug-likeness (QED) is 0.119. The van der Waals surface area contributed by atoms with E-state index in [1.807, 2.05) is 25.1 Å². The van der Waals surface area contributed by atoms with Crippen molar-refractivity contribution in [1.82, 2.24) is 9.97 Å². The Kier molecular flexibility index (Phi) is 10.4. The van der Waals surface area contributed by atoms with Gasteiger partial charge in [0.2, 0.25) is 0 Å². The Balaban J connectivity index is 1.34. The molecule has 1 aliphatic heterocycles. The van der Waals surface area contributed by atoms with Crippen molar-refractivity contribution in [1.29, 1.82) is 0 Å². The Labute approximate surface area is 304 Å². The van der Waals surface area contributed by atoms with E-state index in [9.17, 15) is 19.2 Å². The lowest BCUT2D eigenvalue weighted by Gasteiger charge is -2.44. The van der Waals surface area contributed by atoms with E-state index in [1.54, 1.807) is 121 Å². The number of carbonyl (C=O) groups is 4. The summed E-state index contributed by atoms with van der Waals surface area (Å²) in [5.74, 6) is -2.72. The molecule has 0 aliphatic carbocycles. The van der Waals surface area contributed by atoms with Gasteiger partial charge in [-0.2, -0.15) is 0 Å². The van der Waals surface area contributed by atoms with Crippen molar-refractivity contribution in [2.45, 2.75) is 37.4 Å². The molecule has 1 aliphatic rings. The van der Waals surface area contributed by atoms with Crippen LogP contribution in [0.25, 0.3) is 11.0 Å². The lowest BCUT2D eigenvalue weighted by atomic mass is 9.93. The van der Waals surface area contributed by atoms with Gasteiger partial charge in [-0.05, 0) is 67.1 Å². The molecule has 0 amide bonds. The molecule has 2 heterocycles. The Morgan fingerprint density at radius 1 is 0.566 bits per heavy atom. The molecule has 7 rings (SSSR count). The third-order valence-electron chi connectivity index (χ3n) is 8.78. The summed E-state index contributed by atoms with van der Waals surface area (Å²) < 4.78 is 30.8. The van der Waals surface area contributed by atoms with Gasteiger partial charge >= 0.3 is 23.9 Å². The van der Waals surface area contributed by atoms with Gasteiger partial charge in [0.05, 0.1) is 33.3 Å². The number of rotatable bonds is 10. The molecule has 0 unspecified atom stereocenters. The largest absolute Gasteiger partial charge is 0.459 e. The summed E-state index contributed by atoms with van der Waals surface area (Å²) in [7, 11) is 0. The molecule has 1 N–H and O–H groups in total. The van der Waals surface area contributed by atoms with Crippen molar-refractivity contribution < 1.29 is 42.9 Å². The fourth-order valence-electron chi connectivity index (χ4n) is 6.12. The van der Waals surface area contributed by atoms with Crippen LogP contribution in [0.5, 0.6) is 0 Å². The highest BCUT2D eigenvalue weighted by Gasteiger charge is 2.54. The number of aryl methyl sites for hydroxylation is 1. The number of H-pyrrole nitrogens is 1. The van der Waals surface area contributed by atoms with E-state index in [1.165, 1.54) is 0 Å². The van der Waals surface area contributed by atoms with Gasteiger partial charge in [-0.3, -0.25) is 0 Å². The molecule has 1 fully saturated rings. The molecule has 0 saturated carbocycles. The topological polar surface area (TPSA) is 143 Å². The van der Waals surface area contributed by atoms with E-state index in [4.69, 9.17) is 28.7 Å². The normalized spacial score (nSPS) is 19.5. The number of para-hydroxylation sites is 1. The average molecular weight is 711 g/mol. The summed E-state index contributed by atoms with van der Waals surface area (Å²) in [4.78, 5) is 62.6. The molecular formula is C42H34N2O9. The molecule has 11 nitrogen and oxygen atoms in total. The molecule has 6 aromatic rings. The zero-order chi connectivity index (χ0) is 36.7. The molecule has 0 bridgehead atoms. The van der Waals surface area contributed by atoms with Gasteiger partial charge in [-0.25, -0.2) is 24.2 Å². The Morgan fingerprint density at radius 2 is 1.02 bits per heavy atom. The molecule has 5 aromatic carbocycles. The average Bonchev–Trinajstić information content (AvgIpc) is 3.65. The highest BCUT2D eigenvalue weighted by molar-refractivity contribution is 5.91. The van der Waals surface area contributed by atoms with E-state index >= 15 is 0 Å². The van der Waals surface area contributed by atoms with E-state index < -0.39 is 61.0 Å². The highest BCUT2D eigenvalue weighted by Crippen LogP contribution is 2.38. The van der Waals surface area contributed by atoms with Gasteiger partial charge in [0.15, 0.2) is 24.4 Å². The Bertz CT molecular complexity index is 2210. The number of aromatic amines is 1. The third-order valence-corrected chi connectivity index (χ3v) is 8.78. The van der Waals surface area contributed by atoms with Gasteiger partial charge in [-0.1, -0.05) is 84.9 Å². The van der Waals surface area contributed by atoms with Crippen LogP contribution in [0, 0.1) is 6.92 Å². The van der Waals surface area contributed by atoms with Crippen LogP contribution >= 0.6 is 0 Å². The van der Waals surface area contributed by atoms with Crippen LogP contribution in [0.2, 0.25) is 0 Å². The van der Waals surface area contributed by atoms with Gasteiger partial charge in [0.1, 0.15) is 18.5 Å². The number of ether oxygens (including phenoxy) is 5. The maximum absolute atomic E-state index is 13.8. The number of esters is 4. The van der Waals surface area contributed by atoms with Crippen molar-refractivity contribution in [3.63, 3.8) is 0 Å². The highest BCUT2D eigenvalue weighted by atomic mass is 16.7. The maximum atomic E-state index is 13.8. The Hall–Kier alpha value is -6.59. The van der Waals surface area contributed by atoms with Crippen molar-refractivity contribution in [2.24, 2.45) is 0 Å². The zero-order valence-corrected chi connectivity index (χ0v) is 28.5. The smallest absolute Gasteiger partial charge is 0.338 e. The monoisotopic (exact) mass is 710 g/mol. The number of nitrogens with zero attached hydrogens (tertiary/aromatic N) is 1. The predicted molar refractivity (Wildman–Crippen MR) is 192 cm³/mol. The fraction of sp³-hybridized carbons (Fsp3) is 0.167. The zero-order valence-electron chi connectivity index (χ0n) is 28.5. The molecule has 53 heavy (non-hydrogen) atoms. The summed E-state index contributed by atoms with van der Waals surface area (Å²) in [5.41, 5.74) is 3.09.